The average Bonchev–Trinajstić information content (AvgIpc) is 2.06. The van der Waals surface area contributed by atoms with Gasteiger partial charge in [-0.15, -0.1) is 0 Å². The Hall–Kier alpha value is -0.810. The molecule has 0 saturated carbocycles. The Morgan fingerprint density at radius 1 is 1.45 bits per heavy atom. The average molecular weight is 163 g/mol. The van der Waals surface area contributed by atoms with Crippen molar-refractivity contribution in [2.75, 3.05) is 27.9 Å². The fourth-order valence-corrected chi connectivity index (χ4v) is 0.448. The minimum absolute atomic E-state index is 0.0900. The van der Waals surface area contributed by atoms with Crippen molar-refractivity contribution in [1.29, 1.82) is 0 Å². The van der Waals surface area contributed by atoms with E-state index in [0.717, 1.165) is 0 Å². The van der Waals surface area contributed by atoms with E-state index in [4.69, 9.17) is 9.47 Å². The molecule has 0 fully saturated rings. The molecule has 0 aliphatic carbocycles. The molecule has 0 aliphatic rings. The van der Waals surface area contributed by atoms with Crippen molar-refractivity contribution in [3.63, 3.8) is 0 Å². The Balaban J connectivity index is 3.42. The second-order valence-corrected chi connectivity index (χ2v) is 1.75. The molecule has 0 aliphatic heterocycles. The molecule has 0 aromatic heterocycles. The highest BCUT2D eigenvalue weighted by atomic mass is 16.7. The third-order valence-electron chi connectivity index (χ3n) is 1.08. The second-order valence-electron chi connectivity index (χ2n) is 1.75. The second kappa shape index (κ2) is 5.94. The van der Waals surface area contributed by atoms with Crippen molar-refractivity contribution in [2.24, 2.45) is 0 Å². The van der Waals surface area contributed by atoms with Crippen LogP contribution in [-0.4, -0.2) is 40.3 Å². The van der Waals surface area contributed by atoms with Gasteiger partial charge in [-0.3, -0.25) is 0 Å². The number of alkyl carbamates (subject to hydrolysis) is 1. The molecule has 5 nitrogen and oxygen atoms in total. The number of ether oxygens (including phenoxy) is 3. The van der Waals surface area contributed by atoms with E-state index >= 15 is 0 Å². The number of carbonyl (C=O) groups excluding carboxylic acids is 1. The molecule has 66 valence electrons. The molecule has 0 radical (unpaired) electrons. The summed E-state index contributed by atoms with van der Waals surface area (Å²) in [7, 11) is 4.43. The van der Waals surface area contributed by atoms with Gasteiger partial charge < -0.3 is 19.5 Å². The lowest BCUT2D eigenvalue weighted by Gasteiger charge is -2.12. The highest BCUT2D eigenvalue weighted by Gasteiger charge is 2.07. The molecule has 0 heterocycles. The zero-order chi connectivity index (χ0) is 8.69. The van der Waals surface area contributed by atoms with Crippen molar-refractivity contribution in [3.8, 4) is 0 Å². The molecule has 0 bridgehead atoms. The largest absolute Gasteiger partial charge is 0.444 e. The van der Waals surface area contributed by atoms with Crippen molar-refractivity contribution < 1.29 is 19.0 Å². The molecule has 0 saturated heterocycles. The molecule has 0 spiro atoms. The topological polar surface area (TPSA) is 56.8 Å². The smallest absolute Gasteiger partial charge is 0.407 e. The van der Waals surface area contributed by atoms with Gasteiger partial charge in [-0.25, -0.2) is 4.79 Å². The summed E-state index contributed by atoms with van der Waals surface area (Å²) in [6.45, 7) is 0.0900. The van der Waals surface area contributed by atoms with Crippen LogP contribution in [0.25, 0.3) is 0 Å². The number of rotatable bonds is 4. The van der Waals surface area contributed by atoms with Crippen LogP contribution in [0.15, 0.2) is 0 Å². The number of amides is 1. The van der Waals surface area contributed by atoms with E-state index in [1.165, 1.54) is 21.3 Å². The first-order valence-electron chi connectivity index (χ1n) is 3.14. The van der Waals surface area contributed by atoms with Crippen LogP contribution in [0.3, 0.4) is 0 Å². The minimum Gasteiger partial charge on any atom is -0.444 e. The van der Waals surface area contributed by atoms with E-state index in [1.807, 2.05) is 0 Å². The van der Waals surface area contributed by atoms with E-state index in [1.54, 1.807) is 0 Å². The van der Waals surface area contributed by atoms with Gasteiger partial charge in [0.25, 0.3) is 0 Å². The predicted molar refractivity (Wildman–Crippen MR) is 38.2 cm³/mol. The first-order valence-corrected chi connectivity index (χ1v) is 3.14. The summed E-state index contributed by atoms with van der Waals surface area (Å²) >= 11 is 0. The third kappa shape index (κ3) is 4.58. The fraction of sp³-hybridized carbons (Fsp3) is 0.833. The van der Waals surface area contributed by atoms with Crippen LogP contribution in [0.2, 0.25) is 0 Å². The maximum atomic E-state index is 10.5. The van der Waals surface area contributed by atoms with Gasteiger partial charge in [0, 0.05) is 21.3 Å². The van der Waals surface area contributed by atoms with E-state index in [-0.39, 0.29) is 6.61 Å². The summed E-state index contributed by atoms with van der Waals surface area (Å²) in [5.41, 5.74) is 0. The lowest BCUT2D eigenvalue weighted by atomic mass is 10.7. The van der Waals surface area contributed by atoms with Gasteiger partial charge in [-0.2, -0.15) is 0 Å². The Kier molecular flexibility index (Phi) is 5.50. The minimum atomic E-state index is -0.496. The van der Waals surface area contributed by atoms with Crippen LogP contribution in [0.1, 0.15) is 0 Å². The third-order valence-corrected chi connectivity index (χ3v) is 1.08. The van der Waals surface area contributed by atoms with E-state index < -0.39 is 12.4 Å². The number of methoxy groups -OCH3 is 2. The van der Waals surface area contributed by atoms with Crippen molar-refractivity contribution in [1.82, 2.24) is 5.32 Å². The molecule has 0 aromatic carbocycles. The Morgan fingerprint density at radius 3 is 2.36 bits per heavy atom. The standard InChI is InChI=1S/C6H13NO4/c1-7-6(8)11-4-5(9-2)10-3/h5H,4H2,1-3H3,(H,7,8). The number of hydrogen-bond acceptors (Lipinski definition) is 4. The lowest BCUT2D eigenvalue weighted by Crippen LogP contribution is -2.27. The SMILES string of the molecule is CNC(=O)OCC(OC)OC. The molecular formula is C6H13NO4. The molecule has 1 amide bonds. The Labute approximate surface area is 65.6 Å². The van der Waals surface area contributed by atoms with Gasteiger partial charge in [0.15, 0.2) is 6.29 Å². The summed E-state index contributed by atoms with van der Waals surface area (Å²) in [4.78, 5) is 10.5. The number of carbonyl (C=O) groups is 1. The molecule has 5 heteroatoms. The first kappa shape index (κ1) is 10.2. The Bertz CT molecular complexity index is 113. The van der Waals surface area contributed by atoms with Crippen molar-refractivity contribution in [3.05, 3.63) is 0 Å². The van der Waals surface area contributed by atoms with Gasteiger partial charge in [0.05, 0.1) is 0 Å². The van der Waals surface area contributed by atoms with E-state index in [0.29, 0.717) is 0 Å². The zero-order valence-electron chi connectivity index (χ0n) is 6.92. The van der Waals surface area contributed by atoms with Crippen molar-refractivity contribution >= 4 is 6.09 Å². The highest BCUT2D eigenvalue weighted by Crippen LogP contribution is 1.91. The molecule has 0 unspecified atom stereocenters. The van der Waals surface area contributed by atoms with Crippen LogP contribution < -0.4 is 5.32 Å². The van der Waals surface area contributed by atoms with Gasteiger partial charge in [0.2, 0.25) is 0 Å². The number of hydrogen-bond donors (Lipinski definition) is 1. The molecule has 0 aromatic rings. The normalized spacial score (nSPS) is 9.82. The molecule has 11 heavy (non-hydrogen) atoms. The summed E-state index contributed by atoms with van der Waals surface area (Å²) in [5, 5.41) is 2.30. The maximum Gasteiger partial charge on any atom is 0.407 e. The monoisotopic (exact) mass is 163 g/mol. The summed E-state index contributed by atoms with van der Waals surface area (Å²) in [6.07, 6.45) is -0.989. The highest BCUT2D eigenvalue weighted by molar-refractivity contribution is 5.66. The molecular weight excluding hydrogens is 150 g/mol. The molecule has 0 atom stereocenters. The van der Waals surface area contributed by atoms with Crippen LogP contribution in [0.4, 0.5) is 4.79 Å². The van der Waals surface area contributed by atoms with E-state index in [2.05, 4.69) is 10.1 Å². The van der Waals surface area contributed by atoms with Crippen molar-refractivity contribution in [2.45, 2.75) is 6.29 Å². The summed E-state index contributed by atoms with van der Waals surface area (Å²) < 4.78 is 14.2. The summed E-state index contributed by atoms with van der Waals surface area (Å²) in [5.74, 6) is 0. The van der Waals surface area contributed by atoms with Crippen LogP contribution in [-0.2, 0) is 14.2 Å². The van der Waals surface area contributed by atoms with Gasteiger partial charge >= 0.3 is 6.09 Å². The Morgan fingerprint density at radius 2 is 2.00 bits per heavy atom. The number of nitrogens with one attached hydrogen (secondary N) is 1. The lowest BCUT2D eigenvalue weighted by molar-refractivity contribution is -0.127. The van der Waals surface area contributed by atoms with Gasteiger partial charge in [-0.05, 0) is 0 Å². The van der Waals surface area contributed by atoms with Gasteiger partial charge in [-0.1, -0.05) is 0 Å². The zero-order valence-corrected chi connectivity index (χ0v) is 6.92. The van der Waals surface area contributed by atoms with E-state index in [9.17, 15) is 4.79 Å². The first-order chi connectivity index (χ1) is 5.24. The fourth-order valence-electron chi connectivity index (χ4n) is 0.448. The predicted octanol–water partition coefficient (Wildman–Crippen LogP) is -0.0387. The van der Waals surface area contributed by atoms with Crippen LogP contribution >= 0.6 is 0 Å². The van der Waals surface area contributed by atoms with Crippen LogP contribution in [0.5, 0.6) is 0 Å². The maximum absolute atomic E-state index is 10.5. The van der Waals surface area contributed by atoms with Crippen LogP contribution in [0, 0.1) is 0 Å². The van der Waals surface area contributed by atoms with Gasteiger partial charge in [0.1, 0.15) is 6.61 Å². The molecule has 0 rings (SSSR count). The molecule has 1 N–H and O–H groups in total. The quantitative estimate of drug-likeness (QED) is 0.591. The summed E-state index contributed by atoms with van der Waals surface area (Å²) in [6, 6.07) is 0.